The lowest BCUT2D eigenvalue weighted by atomic mass is 9.58. The van der Waals surface area contributed by atoms with Gasteiger partial charge >= 0.3 is 5.97 Å². The highest BCUT2D eigenvalue weighted by molar-refractivity contribution is 5.77. The number of aliphatic carboxylic acids is 1. The molecular weight excluding hydrogens is 204 g/mol. The predicted octanol–water partition coefficient (Wildman–Crippen LogP) is 2.55. The number of carboxylic acid groups (broad SMARTS) is 1. The minimum Gasteiger partial charge on any atom is -0.481 e. The topological polar surface area (TPSA) is 46.5 Å². The van der Waals surface area contributed by atoms with Crippen molar-refractivity contribution >= 4 is 5.97 Å². The van der Waals surface area contributed by atoms with Crippen molar-refractivity contribution in [3.8, 4) is 0 Å². The molecule has 0 heterocycles. The number of fused-ring (bicyclic) bond motifs is 2. The van der Waals surface area contributed by atoms with Gasteiger partial charge in [0.25, 0.3) is 0 Å². The summed E-state index contributed by atoms with van der Waals surface area (Å²) in [5.74, 6) is -0.143. The van der Waals surface area contributed by atoms with Gasteiger partial charge in [-0.2, -0.15) is 0 Å². The zero-order valence-corrected chi connectivity index (χ0v) is 10.7. The van der Waals surface area contributed by atoms with Gasteiger partial charge in [0.15, 0.2) is 0 Å². The molecule has 3 nitrogen and oxygen atoms in total. The van der Waals surface area contributed by atoms with Crippen molar-refractivity contribution in [1.29, 1.82) is 0 Å². The minimum atomic E-state index is -0.674. The average molecular weight is 226 g/mol. The van der Waals surface area contributed by atoms with Gasteiger partial charge in [0.05, 0.1) is 12.0 Å². The molecule has 1 N–H and O–H groups in total. The summed E-state index contributed by atoms with van der Waals surface area (Å²) in [6.07, 6.45) is 2.96. The molecule has 3 unspecified atom stereocenters. The Morgan fingerprint density at radius 1 is 1.44 bits per heavy atom. The van der Waals surface area contributed by atoms with E-state index in [1.54, 1.807) is 7.11 Å². The lowest BCUT2D eigenvalue weighted by Crippen LogP contribution is -2.49. The molecule has 0 aliphatic heterocycles. The molecule has 2 bridgehead atoms. The molecule has 2 rings (SSSR count). The van der Waals surface area contributed by atoms with Gasteiger partial charge in [0.1, 0.15) is 0 Å². The fraction of sp³-hybridized carbons (Fsp3) is 0.923. The zero-order chi connectivity index (χ0) is 12.2. The fourth-order valence-electron chi connectivity index (χ4n) is 4.31. The molecule has 2 aliphatic carbocycles. The van der Waals surface area contributed by atoms with Gasteiger partial charge in [0.2, 0.25) is 0 Å². The van der Waals surface area contributed by atoms with Crippen molar-refractivity contribution in [2.75, 3.05) is 13.7 Å². The predicted molar refractivity (Wildman–Crippen MR) is 61.2 cm³/mol. The molecule has 3 heteroatoms. The van der Waals surface area contributed by atoms with E-state index in [0.717, 1.165) is 12.8 Å². The molecular formula is C13H22O3. The molecule has 0 aromatic rings. The van der Waals surface area contributed by atoms with Crippen molar-refractivity contribution in [3.63, 3.8) is 0 Å². The molecule has 2 aliphatic rings. The highest BCUT2D eigenvalue weighted by Crippen LogP contribution is 2.73. The molecule has 2 saturated carbocycles. The van der Waals surface area contributed by atoms with Crippen molar-refractivity contribution in [2.24, 2.45) is 22.2 Å². The second-order valence-corrected chi connectivity index (χ2v) is 6.31. The number of methoxy groups -OCH3 is 1. The van der Waals surface area contributed by atoms with E-state index in [9.17, 15) is 9.90 Å². The largest absolute Gasteiger partial charge is 0.481 e. The van der Waals surface area contributed by atoms with Gasteiger partial charge in [-0.05, 0) is 36.0 Å². The third-order valence-electron chi connectivity index (χ3n) is 5.89. The average Bonchev–Trinajstić information content (AvgIpc) is 2.49. The Morgan fingerprint density at radius 3 is 2.38 bits per heavy atom. The molecule has 0 saturated heterocycles. The first-order valence-electron chi connectivity index (χ1n) is 6.04. The Morgan fingerprint density at radius 2 is 2.06 bits per heavy atom. The first kappa shape index (κ1) is 11.9. The smallest absolute Gasteiger partial charge is 0.312 e. The van der Waals surface area contributed by atoms with Crippen LogP contribution in [0, 0.1) is 22.2 Å². The number of rotatable bonds is 3. The highest BCUT2D eigenvalue weighted by atomic mass is 16.5. The third-order valence-corrected chi connectivity index (χ3v) is 5.89. The maximum Gasteiger partial charge on any atom is 0.312 e. The Labute approximate surface area is 97.2 Å². The van der Waals surface area contributed by atoms with Gasteiger partial charge in [-0.25, -0.2) is 0 Å². The molecule has 2 fully saturated rings. The molecule has 0 spiro atoms. The summed E-state index contributed by atoms with van der Waals surface area (Å²) in [7, 11) is 1.60. The number of hydrogen-bond acceptors (Lipinski definition) is 2. The van der Waals surface area contributed by atoms with Crippen LogP contribution >= 0.6 is 0 Å². The molecule has 0 aromatic heterocycles. The quantitative estimate of drug-likeness (QED) is 0.804. The van der Waals surface area contributed by atoms with Gasteiger partial charge in [-0.15, -0.1) is 0 Å². The normalized spacial score (nSPS) is 44.9. The first-order chi connectivity index (χ1) is 7.32. The van der Waals surface area contributed by atoms with E-state index in [1.807, 2.05) is 0 Å². The lowest BCUT2D eigenvalue weighted by molar-refractivity contribution is -0.165. The van der Waals surface area contributed by atoms with Crippen LogP contribution in [0.2, 0.25) is 0 Å². The molecule has 16 heavy (non-hydrogen) atoms. The monoisotopic (exact) mass is 226 g/mol. The summed E-state index contributed by atoms with van der Waals surface area (Å²) in [6.45, 7) is 6.95. The van der Waals surface area contributed by atoms with Gasteiger partial charge < -0.3 is 9.84 Å². The Kier molecular flexibility index (Phi) is 2.40. The van der Waals surface area contributed by atoms with Crippen LogP contribution < -0.4 is 0 Å². The summed E-state index contributed by atoms with van der Waals surface area (Å²) in [5, 5.41) is 9.63. The number of ether oxygens (including phenoxy) is 1. The van der Waals surface area contributed by atoms with Gasteiger partial charge in [-0.1, -0.05) is 20.8 Å². The Hall–Kier alpha value is -0.570. The second-order valence-electron chi connectivity index (χ2n) is 6.31. The lowest BCUT2D eigenvalue weighted by Gasteiger charge is -2.45. The first-order valence-corrected chi connectivity index (χ1v) is 6.04. The standard InChI is InChI=1S/C13H22O3/c1-11(2)9-5-6-12(11,3)13(7-9,8-16-4)10(14)15/h9H,5-8H2,1-4H3,(H,14,15). The molecule has 0 radical (unpaired) electrons. The zero-order valence-electron chi connectivity index (χ0n) is 10.7. The second kappa shape index (κ2) is 3.22. The van der Waals surface area contributed by atoms with Crippen LogP contribution in [0.25, 0.3) is 0 Å². The van der Waals surface area contributed by atoms with Crippen LogP contribution in [0.5, 0.6) is 0 Å². The van der Waals surface area contributed by atoms with Crippen LogP contribution in [-0.4, -0.2) is 24.8 Å². The number of carboxylic acids is 1. The Balaban J connectivity index is 2.48. The van der Waals surface area contributed by atoms with E-state index in [-0.39, 0.29) is 10.8 Å². The summed E-state index contributed by atoms with van der Waals surface area (Å²) < 4.78 is 5.22. The van der Waals surface area contributed by atoms with Crippen LogP contribution in [0.3, 0.4) is 0 Å². The van der Waals surface area contributed by atoms with E-state index in [4.69, 9.17) is 4.74 Å². The van der Waals surface area contributed by atoms with E-state index in [0.29, 0.717) is 12.5 Å². The molecule has 0 amide bonds. The van der Waals surface area contributed by atoms with Crippen molar-refractivity contribution in [1.82, 2.24) is 0 Å². The van der Waals surface area contributed by atoms with E-state index in [1.165, 1.54) is 6.42 Å². The van der Waals surface area contributed by atoms with Crippen molar-refractivity contribution < 1.29 is 14.6 Å². The van der Waals surface area contributed by atoms with Crippen LogP contribution in [0.15, 0.2) is 0 Å². The third kappa shape index (κ3) is 1.05. The van der Waals surface area contributed by atoms with E-state index < -0.39 is 11.4 Å². The summed E-state index contributed by atoms with van der Waals surface area (Å²) in [5.41, 5.74) is -0.690. The fourth-order valence-corrected chi connectivity index (χ4v) is 4.31. The van der Waals surface area contributed by atoms with Crippen molar-refractivity contribution in [2.45, 2.75) is 40.0 Å². The minimum absolute atomic E-state index is 0.115. The van der Waals surface area contributed by atoms with Crippen LogP contribution in [-0.2, 0) is 9.53 Å². The van der Waals surface area contributed by atoms with Crippen LogP contribution in [0.4, 0.5) is 0 Å². The van der Waals surface area contributed by atoms with E-state index >= 15 is 0 Å². The highest BCUT2D eigenvalue weighted by Gasteiger charge is 2.71. The maximum atomic E-state index is 11.7. The summed E-state index contributed by atoms with van der Waals surface area (Å²) in [4.78, 5) is 11.7. The van der Waals surface area contributed by atoms with Gasteiger partial charge in [0, 0.05) is 7.11 Å². The Bertz CT molecular complexity index is 323. The summed E-state index contributed by atoms with van der Waals surface area (Å²) >= 11 is 0. The number of hydrogen-bond donors (Lipinski definition) is 1. The molecule has 92 valence electrons. The maximum absolute atomic E-state index is 11.7. The molecule has 3 atom stereocenters. The number of carbonyl (C=O) groups is 1. The summed E-state index contributed by atoms with van der Waals surface area (Å²) in [6, 6.07) is 0. The van der Waals surface area contributed by atoms with Crippen molar-refractivity contribution in [3.05, 3.63) is 0 Å². The molecule has 0 aromatic carbocycles. The van der Waals surface area contributed by atoms with Gasteiger partial charge in [-0.3, -0.25) is 4.79 Å². The van der Waals surface area contributed by atoms with E-state index in [2.05, 4.69) is 20.8 Å². The van der Waals surface area contributed by atoms with Crippen LogP contribution in [0.1, 0.15) is 40.0 Å². The SMILES string of the molecule is COCC1(C(=O)O)CC2CCC1(C)C2(C)C.